The molecule has 2 heterocycles. The molecule has 32 heavy (non-hydrogen) atoms. The molecule has 0 saturated carbocycles. The number of nitrogens with one attached hydrogen (secondary N) is 1. The zero-order chi connectivity index (χ0) is 22.3. The highest BCUT2D eigenvalue weighted by Crippen LogP contribution is 2.29. The number of carbonyl (C=O) groups is 1. The molecule has 8 heteroatoms. The minimum Gasteiger partial charge on any atom is -0.492 e. The van der Waals surface area contributed by atoms with Crippen LogP contribution in [0, 0.1) is 6.92 Å². The smallest absolute Gasteiger partial charge is 0.234 e. The Balaban J connectivity index is 1.52. The van der Waals surface area contributed by atoms with Crippen LogP contribution in [-0.4, -0.2) is 46.1 Å². The van der Waals surface area contributed by atoms with Gasteiger partial charge in [0.05, 0.1) is 23.7 Å². The number of anilines is 2. The maximum absolute atomic E-state index is 12.7. The van der Waals surface area contributed by atoms with Gasteiger partial charge in [0, 0.05) is 13.1 Å². The number of rotatable bonds is 8. The number of piperidine rings is 1. The van der Waals surface area contributed by atoms with E-state index in [1.807, 2.05) is 31.2 Å². The molecule has 0 radical (unpaired) electrons. The van der Waals surface area contributed by atoms with Crippen molar-refractivity contribution in [3.8, 4) is 11.4 Å². The Labute approximate surface area is 193 Å². The third-order valence-electron chi connectivity index (χ3n) is 5.34. The van der Waals surface area contributed by atoms with Gasteiger partial charge < -0.3 is 15.0 Å². The van der Waals surface area contributed by atoms with Gasteiger partial charge in [-0.25, -0.2) is 0 Å². The van der Waals surface area contributed by atoms with E-state index < -0.39 is 0 Å². The van der Waals surface area contributed by atoms with E-state index in [0.717, 1.165) is 37.6 Å². The average Bonchev–Trinajstić information content (AvgIpc) is 3.24. The molecule has 0 atom stereocenters. The minimum absolute atomic E-state index is 0.111. The van der Waals surface area contributed by atoms with Crippen molar-refractivity contribution in [1.29, 1.82) is 0 Å². The molecule has 0 bridgehead atoms. The lowest BCUT2D eigenvalue weighted by Crippen LogP contribution is -2.31. The van der Waals surface area contributed by atoms with Gasteiger partial charge >= 0.3 is 0 Å². The van der Waals surface area contributed by atoms with Gasteiger partial charge in [0.25, 0.3) is 0 Å². The summed E-state index contributed by atoms with van der Waals surface area (Å²) in [5.41, 5.74) is 2.88. The van der Waals surface area contributed by atoms with E-state index in [0.29, 0.717) is 23.2 Å². The number of benzene rings is 2. The number of hydrogen-bond donors (Lipinski definition) is 1. The topological polar surface area (TPSA) is 72.3 Å². The van der Waals surface area contributed by atoms with Crippen molar-refractivity contribution in [2.45, 2.75) is 38.3 Å². The Bertz CT molecular complexity index is 1040. The second kappa shape index (κ2) is 10.5. The summed E-state index contributed by atoms with van der Waals surface area (Å²) in [5.74, 6) is 1.63. The van der Waals surface area contributed by atoms with Gasteiger partial charge in [-0.05, 0) is 57.4 Å². The Hall–Kier alpha value is -3.00. The number of thioether (sulfide) groups is 1. The number of amides is 1. The van der Waals surface area contributed by atoms with Gasteiger partial charge in [-0.3, -0.25) is 9.36 Å². The Morgan fingerprint density at radius 2 is 1.81 bits per heavy atom. The molecule has 1 aliphatic heterocycles. The molecule has 2 aromatic carbocycles. The molecule has 0 aliphatic carbocycles. The van der Waals surface area contributed by atoms with Crippen molar-refractivity contribution in [2.75, 3.05) is 35.7 Å². The molecule has 1 N–H and O–H groups in total. The quantitative estimate of drug-likeness (QED) is 0.501. The number of para-hydroxylation sites is 2. The first-order chi connectivity index (χ1) is 15.7. The lowest BCUT2D eigenvalue weighted by Gasteiger charge is -2.27. The first-order valence-corrected chi connectivity index (χ1v) is 12.1. The number of aromatic nitrogens is 3. The van der Waals surface area contributed by atoms with E-state index >= 15 is 0 Å². The van der Waals surface area contributed by atoms with Crippen LogP contribution in [0.4, 0.5) is 11.6 Å². The van der Waals surface area contributed by atoms with Crippen LogP contribution in [0.5, 0.6) is 5.75 Å². The fraction of sp³-hybridized carbons (Fsp3) is 0.375. The van der Waals surface area contributed by atoms with E-state index in [4.69, 9.17) is 4.74 Å². The average molecular weight is 452 g/mol. The Morgan fingerprint density at radius 1 is 1.06 bits per heavy atom. The summed E-state index contributed by atoms with van der Waals surface area (Å²) in [6, 6.07) is 15.8. The van der Waals surface area contributed by atoms with Gasteiger partial charge in [0.2, 0.25) is 11.9 Å². The largest absolute Gasteiger partial charge is 0.492 e. The number of hydrogen-bond acceptors (Lipinski definition) is 6. The van der Waals surface area contributed by atoms with Crippen LogP contribution >= 0.6 is 11.8 Å². The number of aryl methyl sites for hydroxylation is 1. The molecule has 168 valence electrons. The van der Waals surface area contributed by atoms with Gasteiger partial charge in [-0.2, -0.15) is 0 Å². The van der Waals surface area contributed by atoms with Crippen LogP contribution in [-0.2, 0) is 4.79 Å². The van der Waals surface area contributed by atoms with Gasteiger partial charge in [-0.15, -0.1) is 10.2 Å². The van der Waals surface area contributed by atoms with Crippen molar-refractivity contribution >= 4 is 29.3 Å². The van der Waals surface area contributed by atoms with Crippen LogP contribution in [0.3, 0.4) is 0 Å². The summed E-state index contributed by atoms with van der Waals surface area (Å²) in [4.78, 5) is 15.0. The van der Waals surface area contributed by atoms with Gasteiger partial charge in [-0.1, -0.05) is 41.6 Å². The highest BCUT2D eigenvalue weighted by Gasteiger charge is 2.22. The molecule has 1 aliphatic rings. The molecule has 1 fully saturated rings. The van der Waals surface area contributed by atoms with Crippen LogP contribution in [0.25, 0.3) is 5.69 Å². The minimum atomic E-state index is -0.111. The molecule has 1 amide bonds. The third kappa shape index (κ3) is 5.24. The first kappa shape index (κ1) is 22.2. The standard InChI is InChI=1S/C24H29N5O2S/c1-3-31-21-10-6-5-9-20(21)25-22(30)17-32-24-27-26-23(28-15-7-4-8-16-28)29(24)19-13-11-18(2)12-14-19/h5-6,9-14H,3-4,7-8,15-17H2,1-2H3,(H,25,30). The summed E-state index contributed by atoms with van der Waals surface area (Å²) in [6.07, 6.45) is 3.57. The molecule has 7 nitrogen and oxygen atoms in total. The summed E-state index contributed by atoms with van der Waals surface area (Å²) < 4.78 is 7.67. The van der Waals surface area contributed by atoms with E-state index in [9.17, 15) is 4.79 Å². The molecule has 0 spiro atoms. The van der Waals surface area contributed by atoms with E-state index in [-0.39, 0.29) is 11.7 Å². The highest BCUT2D eigenvalue weighted by atomic mass is 32.2. The second-order valence-corrected chi connectivity index (χ2v) is 8.71. The predicted octanol–water partition coefficient (Wildman–Crippen LogP) is 4.70. The van der Waals surface area contributed by atoms with Crippen LogP contribution < -0.4 is 15.0 Å². The SMILES string of the molecule is CCOc1ccccc1NC(=O)CSc1nnc(N2CCCCC2)n1-c1ccc(C)cc1. The maximum atomic E-state index is 12.7. The van der Waals surface area contributed by atoms with E-state index in [1.54, 1.807) is 0 Å². The highest BCUT2D eigenvalue weighted by molar-refractivity contribution is 7.99. The summed E-state index contributed by atoms with van der Waals surface area (Å²) >= 11 is 1.39. The van der Waals surface area contributed by atoms with Crippen LogP contribution in [0.2, 0.25) is 0 Å². The summed E-state index contributed by atoms with van der Waals surface area (Å²) in [5, 5.41) is 12.6. The first-order valence-electron chi connectivity index (χ1n) is 11.1. The van der Waals surface area contributed by atoms with Gasteiger partial charge in [0.1, 0.15) is 5.75 Å². The van der Waals surface area contributed by atoms with Crippen LogP contribution in [0.1, 0.15) is 31.7 Å². The number of nitrogens with zero attached hydrogens (tertiary/aromatic N) is 4. The van der Waals surface area contributed by atoms with Crippen LogP contribution in [0.15, 0.2) is 53.7 Å². The number of carbonyl (C=O) groups excluding carboxylic acids is 1. The Kier molecular flexibility index (Phi) is 7.32. The molecule has 1 saturated heterocycles. The van der Waals surface area contributed by atoms with Crippen molar-refractivity contribution in [3.05, 3.63) is 54.1 Å². The summed E-state index contributed by atoms with van der Waals surface area (Å²) in [6.45, 7) is 6.49. The number of ether oxygens (including phenoxy) is 1. The monoisotopic (exact) mass is 451 g/mol. The lowest BCUT2D eigenvalue weighted by molar-refractivity contribution is -0.113. The molecule has 3 aromatic rings. The molecule has 1 aromatic heterocycles. The third-order valence-corrected chi connectivity index (χ3v) is 6.27. The Morgan fingerprint density at radius 3 is 2.56 bits per heavy atom. The van der Waals surface area contributed by atoms with E-state index in [2.05, 4.69) is 56.2 Å². The van der Waals surface area contributed by atoms with Crippen molar-refractivity contribution in [1.82, 2.24) is 14.8 Å². The fourth-order valence-electron chi connectivity index (χ4n) is 3.74. The molecule has 4 rings (SSSR count). The molecule has 0 unspecified atom stereocenters. The van der Waals surface area contributed by atoms with Crippen molar-refractivity contribution < 1.29 is 9.53 Å². The van der Waals surface area contributed by atoms with Crippen molar-refractivity contribution in [3.63, 3.8) is 0 Å². The van der Waals surface area contributed by atoms with E-state index in [1.165, 1.54) is 23.7 Å². The molecular formula is C24H29N5O2S. The zero-order valence-electron chi connectivity index (χ0n) is 18.6. The fourth-order valence-corrected chi connectivity index (χ4v) is 4.49. The second-order valence-electron chi connectivity index (χ2n) is 7.77. The summed E-state index contributed by atoms with van der Waals surface area (Å²) in [7, 11) is 0. The van der Waals surface area contributed by atoms with Crippen molar-refractivity contribution in [2.24, 2.45) is 0 Å². The lowest BCUT2D eigenvalue weighted by atomic mass is 10.1. The van der Waals surface area contributed by atoms with Gasteiger partial charge in [0.15, 0.2) is 5.16 Å². The molecular weight excluding hydrogens is 422 g/mol. The maximum Gasteiger partial charge on any atom is 0.234 e. The zero-order valence-corrected chi connectivity index (χ0v) is 19.4. The normalized spacial score (nSPS) is 13.8. The predicted molar refractivity (Wildman–Crippen MR) is 129 cm³/mol.